The number of aromatic nitrogens is 2. The molecule has 1 aliphatic heterocycles. The molecule has 0 aromatic carbocycles. The Morgan fingerprint density at radius 1 is 1.69 bits per heavy atom. The summed E-state index contributed by atoms with van der Waals surface area (Å²) >= 11 is 0. The second-order valence-electron chi connectivity index (χ2n) is 3.23. The quantitative estimate of drug-likeness (QED) is 0.512. The summed E-state index contributed by atoms with van der Waals surface area (Å²) in [5, 5.41) is 19.7. The number of H-pyrrole nitrogens is 1. The van der Waals surface area contributed by atoms with Crippen molar-refractivity contribution in [1.29, 1.82) is 0 Å². The molecule has 0 aliphatic carbocycles. The van der Waals surface area contributed by atoms with E-state index in [0.717, 1.165) is 25.2 Å². The Bertz CT molecular complexity index is 318. The number of rotatable bonds is 3. The molecule has 2 N–H and O–H groups in total. The van der Waals surface area contributed by atoms with Crippen molar-refractivity contribution in [3.8, 4) is 0 Å². The Balaban J connectivity index is 2.00. The van der Waals surface area contributed by atoms with Gasteiger partial charge in [0, 0.05) is 0 Å². The lowest BCUT2D eigenvalue weighted by atomic mass is 9.98. The molecule has 1 aromatic rings. The van der Waals surface area contributed by atoms with Gasteiger partial charge in [0.1, 0.15) is 0 Å². The smallest absolute Gasteiger partial charge is 0.342 e. The first-order chi connectivity index (χ1) is 6.25. The first-order valence-electron chi connectivity index (χ1n) is 4.15. The van der Waals surface area contributed by atoms with Gasteiger partial charge < -0.3 is 15.4 Å². The Kier molecular flexibility index (Phi) is 1.97. The van der Waals surface area contributed by atoms with E-state index in [-0.39, 0.29) is 5.82 Å². The zero-order chi connectivity index (χ0) is 9.26. The number of aromatic amines is 1. The van der Waals surface area contributed by atoms with Crippen molar-refractivity contribution in [2.75, 3.05) is 13.1 Å². The lowest BCUT2D eigenvalue weighted by molar-refractivity contribution is -0.389. The van der Waals surface area contributed by atoms with E-state index in [1.165, 1.54) is 6.07 Å². The van der Waals surface area contributed by atoms with Gasteiger partial charge in [-0.25, -0.2) is 0 Å². The van der Waals surface area contributed by atoms with Gasteiger partial charge in [0.05, 0.1) is 11.8 Å². The third-order valence-electron chi connectivity index (χ3n) is 2.18. The maximum Gasteiger partial charge on any atom is 0.342 e. The van der Waals surface area contributed by atoms with Crippen molar-refractivity contribution in [3.05, 3.63) is 21.9 Å². The van der Waals surface area contributed by atoms with Crippen LogP contribution in [0.5, 0.6) is 0 Å². The van der Waals surface area contributed by atoms with E-state index in [1.807, 2.05) is 0 Å². The summed E-state index contributed by atoms with van der Waals surface area (Å²) in [6.07, 6.45) is 0.817. The molecule has 0 bridgehead atoms. The van der Waals surface area contributed by atoms with Crippen LogP contribution in [0.4, 0.5) is 5.82 Å². The van der Waals surface area contributed by atoms with E-state index in [4.69, 9.17) is 0 Å². The highest BCUT2D eigenvalue weighted by molar-refractivity contribution is 5.21. The molecule has 1 aliphatic rings. The number of nitro groups is 1. The van der Waals surface area contributed by atoms with Crippen LogP contribution in [0.3, 0.4) is 0 Å². The van der Waals surface area contributed by atoms with Gasteiger partial charge in [0.2, 0.25) is 0 Å². The van der Waals surface area contributed by atoms with Crippen LogP contribution in [0.1, 0.15) is 5.69 Å². The number of hydrogen-bond donors (Lipinski definition) is 2. The summed E-state index contributed by atoms with van der Waals surface area (Å²) in [4.78, 5) is 9.84. The third-order valence-corrected chi connectivity index (χ3v) is 2.18. The fourth-order valence-corrected chi connectivity index (χ4v) is 1.34. The highest BCUT2D eigenvalue weighted by Crippen LogP contribution is 2.14. The second kappa shape index (κ2) is 3.14. The molecule has 2 heterocycles. The van der Waals surface area contributed by atoms with Crippen LogP contribution in [-0.2, 0) is 6.42 Å². The summed E-state index contributed by atoms with van der Waals surface area (Å²) in [5.41, 5.74) is 0.776. The monoisotopic (exact) mass is 182 g/mol. The minimum absolute atomic E-state index is 0.0257. The zero-order valence-electron chi connectivity index (χ0n) is 6.99. The zero-order valence-corrected chi connectivity index (χ0v) is 6.99. The molecule has 2 rings (SSSR count). The van der Waals surface area contributed by atoms with Gasteiger partial charge in [0.25, 0.3) is 0 Å². The predicted octanol–water partition coefficient (Wildman–Crippen LogP) is 0.0798. The van der Waals surface area contributed by atoms with Crippen molar-refractivity contribution in [2.24, 2.45) is 5.92 Å². The summed E-state index contributed by atoms with van der Waals surface area (Å²) in [7, 11) is 0. The van der Waals surface area contributed by atoms with Gasteiger partial charge >= 0.3 is 5.82 Å². The van der Waals surface area contributed by atoms with E-state index in [9.17, 15) is 10.1 Å². The van der Waals surface area contributed by atoms with Crippen molar-refractivity contribution >= 4 is 5.82 Å². The Morgan fingerprint density at radius 2 is 2.46 bits per heavy atom. The Labute approximate surface area is 74.5 Å². The van der Waals surface area contributed by atoms with Gasteiger partial charge in [-0.2, -0.15) is 0 Å². The molecule has 6 nitrogen and oxygen atoms in total. The molecule has 0 amide bonds. The highest BCUT2D eigenvalue weighted by atomic mass is 16.6. The molecule has 1 aromatic heterocycles. The first-order valence-corrected chi connectivity index (χ1v) is 4.15. The van der Waals surface area contributed by atoms with E-state index < -0.39 is 4.92 Å². The van der Waals surface area contributed by atoms with Gasteiger partial charge in [0.15, 0.2) is 0 Å². The van der Waals surface area contributed by atoms with E-state index >= 15 is 0 Å². The standard InChI is InChI=1S/C7H10N4O2/c12-11(13)7-2-6(9-10-7)1-5-3-8-4-5/h2,5,8H,1,3-4H2,(H,9,10). The largest absolute Gasteiger partial charge is 0.358 e. The SMILES string of the molecule is O=[N+]([O-])c1cc(CC2CNC2)n[nH]1. The van der Waals surface area contributed by atoms with Crippen LogP contribution in [0.25, 0.3) is 0 Å². The predicted molar refractivity (Wildman–Crippen MR) is 45.3 cm³/mol. The molecule has 0 saturated carbocycles. The van der Waals surface area contributed by atoms with Crippen molar-refractivity contribution in [3.63, 3.8) is 0 Å². The first kappa shape index (κ1) is 8.18. The second-order valence-corrected chi connectivity index (χ2v) is 3.23. The lowest BCUT2D eigenvalue weighted by Gasteiger charge is -2.25. The molecule has 6 heteroatoms. The summed E-state index contributed by atoms with van der Waals surface area (Å²) in [6, 6.07) is 1.50. The van der Waals surface area contributed by atoms with Crippen LogP contribution >= 0.6 is 0 Å². The number of nitrogens with zero attached hydrogens (tertiary/aromatic N) is 2. The molecule has 0 radical (unpaired) electrons. The van der Waals surface area contributed by atoms with Crippen molar-refractivity contribution < 1.29 is 4.92 Å². The van der Waals surface area contributed by atoms with Gasteiger partial charge in [-0.1, -0.05) is 5.10 Å². The van der Waals surface area contributed by atoms with E-state index in [2.05, 4.69) is 15.5 Å². The topological polar surface area (TPSA) is 83.8 Å². The summed E-state index contributed by atoms with van der Waals surface area (Å²) in [6.45, 7) is 1.97. The average molecular weight is 182 g/mol. The maximum atomic E-state index is 10.3. The van der Waals surface area contributed by atoms with Crippen LogP contribution in [-0.4, -0.2) is 28.2 Å². The molecule has 70 valence electrons. The summed E-state index contributed by atoms with van der Waals surface area (Å²) in [5.74, 6) is 0.560. The van der Waals surface area contributed by atoms with Gasteiger partial charge in [-0.3, -0.25) is 0 Å². The normalized spacial score (nSPS) is 16.9. The fraction of sp³-hybridized carbons (Fsp3) is 0.571. The minimum atomic E-state index is -0.463. The van der Waals surface area contributed by atoms with Crippen LogP contribution in [0, 0.1) is 16.0 Å². The van der Waals surface area contributed by atoms with Crippen molar-refractivity contribution in [1.82, 2.24) is 15.5 Å². The minimum Gasteiger partial charge on any atom is -0.358 e. The highest BCUT2D eigenvalue weighted by Gasteiger charge is 2.20. The maximum absolute atomic E-state index is 10.3. The molecule has 0 unspecified atom stereocenters. The number of hydrogen-bond acceptors (Lipinski definition) is 4. The van der Waals surface area contributed by atoms with E-state index in [1.54, 1.807) is 0 Å². The summed E-state index contributed by atoms with van der Waals surface area (Å²) < 4.78 is 0. The molecule has 13 heavy (non-hydrogen) atoms. The third kappa shape index (κ3) is 1.67. The molecule has 1 saturated heterocycles. The van der Waals surface area contributed by atoms with E-state index in [0.29, 0.717) is 5.92 Å². The number of nitrogens with one attached hydrogen (secondary N) is 2. The van der Waals surface area contributed by atoms with Gasteiger partial charge in [-0.05, 0) is 30.4 Å². The molecule has 1 fully saturated rings. The molecular formula is C7H10N4O2. The van der Waals surface area contributed by atoms with Crippen LogP contribution in [0.15, 0.2) is 6.07 Å². The molecule has 0 atom stereocenters. The van der Waals surface area contributed by atoms with Crippen molar-refractivity contribution in [2.45, 2.75) is 6.42 Å². The lowest BCUT2D eigenvalue weighted by Crippen LogP contribution is -2.43. The molecule has 0 spiro atoms. The van der Waals surface area contributed by atoms with Crippen LogP contribution < -0.4 is 5.32 Å². The Morgan fingerprint density at radius 3 is 2.92 bits per heavy atom. The Hall–Kier alpha value is -1.43. The van der Waals surface area contributed by atoms with Crippen LogP contribution in [0.2, 0.25) is 0 Å². The average Bonchev–Trinajstić information content (AvgIpc) is 2.44. The molecular weight excluding hydrogens is 172 g/mol. The van der Waals surface area contributed by atoms with Gasteiger partial charge in [-0.15, -0.1) is 5.10 Å². The fourth-order valence-electron chi connectivity index (χ4n) is 1.34.